The maximum Gasteiger partial charge on any atom is 0.318 e. The average molecular weight is 460 g/mol. The number of fused-ring (bicyclic) bond motifs is 1. The van der Waals surface area contributed by atoms with E-state index in [9.17, 15) is 14.4 Å². The summed E-state index contributed by atoms with van der Waals surface area (Å²) in [5.74, 6) is 0.786. The number of carbonyl (C=O) groups excluding carboxylic acids is 1. The third-order valence-electron chi connectivity index (χ3n) is 5.43. The van der Waals surface area contributed by atoms with Crippen LogP contribution >= 0.6 is 0 Å². The van der Waals surface area contributed by atoms with E-state index >= 15 is 0 Å². The summed E-state index contributed by atoms with van der Waals surface area (Å²) in [7, 11) is 3.09. The Bertz CT molecular complexity index is 1440. The number of methoxy groups -OCH3 is 2. The summed E-state index contributed by atoms with van der Waals surface area (Å²) in [5, 5.41) is 2.78. The second kappa shape index (κ2) is 10.0. The van der Waals surface area contributed by atoms with Gasteiger partial charge in [0.05, 0.1) is 26.3 Å². The highest BCUT2D eigenvalue weighted by Crippen LogP contribution is 2.23. The number of aromatic nitrogens is 3. The lowest BCUT2D eigenvalue weighted by Crippen LogP contribution is -2.44. The topological polar surface area (TPSA) is 104 Å². The highest BCUT2D eigenvalue weighted by molar-refractivity contribution is 5.79. The molecular weight excluding hydrogens is 436 g/mol. The van der Waals surface area contributed by atoms with Crippen molar-refractivity contribution in [2.24, 2.45) is 0 Å². The molecule has 4 aromatic rings. The second-order valence-electron chi connectivity index (χ2n) is 7.57. The number of hydrogen-bond donors (Lipinski definition) is 1. The first kappa shape index (κ1) is 22.8. The molecule has 2 aromatic carbocycles. The molecule has 1 amide bonds. The largest absolute Gasteiger partial charge is 0.497 e. The molecule has 0 fully saturated rings. The quantitative estimate of drug-likeness (QED) is 0.403. The molecule has 4 rings (SSSR count). The molecule has 9 heteroatoms. The van der Waals surface area contributed by atoms with Crippen LogP contribution in [0.3, 0.4) is 0 Å². The fourth-order valence-electron chi connectivity index (χ4n) is 3.73. The molecule has 174 valence electrons. The van der Waals surface area contributed by atoms with Crippen molar-refractivity contribution in [2.75, 3.05) is 14.2 Å². The van der Waals surface area contributed by atoms with Crippen molar-refractivity contribution in [3.8, 4) is 11.5 Å². The first-order valence-corrected chi connectivity index (χ1v) is 10.6. The van der Waals surface area contributed by atoms with Gasteiger partial charge >= 0.3 is 11.1 Å². The van der Waals surface area contributed by atoms with Gasteiger partial charge in [0.15, 0.2) is 5.65 Å². The maximum absolute atomic E-state index is 13.0. The third kappa shape index (κ3) is 4.68. The minimum atomic E-state index is -0.787. The fourth-order valence-corrected chi connectivity index (χ4v) is 3.73. The van der Waals surface area contributed by atoms with E-state index in [-0.39, 0.29) is 19.6 Å². The Morgan fingerprint density at radius 1 is 0.941 bits per heavy atom. The summed E-state index contributed by atoms with van der Waals surface area (Å²) in [5.41, 5.74) is 0.782. The highest BCUT2D eigenvalue weighted by atomic mass is 16.5. The Labute approximate surface area is 195 Å². The number of nitrogens with zero attached hydrogens (tertiary/aromatic N) is 3. The molecule has 0 aliphatic heterocycles. The Morgan fingerprint density at radius 2 is 1.71 bits per heavy atom. The number of carbonyl (C=O) groups is 1. The normalized spacial score (nSPS) is 10.8. The van der Waals surface area contributed by atoms with E-state index in [0.29, 0.717) is 28.2 Å². The maximum atomic E-state index is 13.0. The molecule has 0 aliphatic rings. The Morgan fingerprint density at radius 3 is 2.44 bits per heavy atom. The molecule has 0 radical (unpaired) electrons. The number of hydrogen-bond acceptors (Lipinski definition) is 6. The predicted octanol–water partition coefficient (Wildman–Crippen LogP) is 1.94. The van der Waals surface area contributed by atoms with E-state index in [1.54, 1.807) is 43.6 Å². The van der Waals surface area contributed by atoms with Gasteiger partial charge in [-0.05, 0) is 35.9 Å². The number of ether oxygens (including phenoxy) is 2. The number of nitrogens with one attached hydrogen (secondary N) is 1. The van der Waals surface area contributed by atoms with Gasteiger partial charge in [0, 0.05) is 18.3 Å². The summed E-state index contributed by atoms with van der Waals surface area (Å²) < 4.78 is 13.1. The molecule has 34 heavy (non-hydrogen) atoms. The van der Waals surface area contributed by atoms with E-state index < -0.39 is 17.0 Å². The van der Waals surface area contributed by atoms with Crippen LogP contribution in [0.1, 0.15) is 11.1 Å². The van der Waals surface area contributed by atoms with Crippen LogP contribution in [0.4, 0.5) is 0 Å². The predicted molar refractivity (Wildman–Crippen MR) is 127 cm³/mol. The minimum absolute atomic E-state index is 0.162. The van der Waals surface area contributed by atoms with E-state index in [1.807, 2.05) is 30.3 Å². The molecule has 0 bridgehead atoms. The SMILES string of the molecule is COc1ccc(OC)c(CNC(=O)Cn2c(=O)c(=O)n(Cc3ccccc3)c3ncccc32)c1. The lowest BCUT2D eigenvalue weighted by atomic mass is 10.2. The number of benzene rings is 2. The van der Waals surface area contributed by atoms with Crippen molar-refractivity contribution in [3.05, 3.63) is 98.7 Å². The van der Waals surface area contributed by atoms with E-state index in [2.05, 4.69) is 10.3 Å². The summed E-state index contributed by atoms with van der Waals surface area (Å²) >= 11 is 0. The molecule has 0 atom stereocenters. The van der Waals surface area contributed by atoms with Gasteiger partial charge in [0.25, 0.3) is 0 Å². The van der Waals surface area contributed by atoms with Gasteiger partial charge in [-0.1, -0.05) is 30.3 Å². The van der Waals surface area contributed by atoms with Crippen molar-refractivity contribution < 1.29 is 14.3 Å². The lowest BCUT2D eigenvalue weighted by Gasteiger charge is -2.15. The summed E-state index contributed by atoms with van der Waals surface area (Å²) in [6.07, 6.45) is 1.55. The first-order chi connectivity index (χ1) is 16.5. The zero-order valence-electron chi connectivity index (χ0n) is 18.9. The third-order valence-corrected chi connectivity index (χ3v) is 5.43. The highest BCUT2D eigenvalue weighted by Gasteiger charge is 2.17. The summed E-state index contributed by atoms with van der Waals surface area (Å²) in [6, 6.07) is 17.9. The molecular formula is C25H24N4O5. The molecule has 1 N–H and O–H groups in total. The molecule has 0 spiro atoms. The van der Waals surface area contributed by atoms with Gasteiger partial charge in [0.1, 0.15) is 18.0 Å². The zero-order chi connectivity index (χ0) is 24.1. The monoisotopic (exact) mass is 460 g/mol. The van der Waals surface area contributed by atoms with E-state index in [4.69, 9.17) is 9.47 Å². The van der Waals surface area contributed by atoms with Crippen LogP contribution in [-0.2, 0) is 24.4 Å². The lowest BCUT2D eigenvalue weighted by molar-refractivity contribution is -0.121. The van der Waals surface area contributed by atoms with Crippen LogP contribution in [0.15, 0.2) is 76.4 Å². The number of pyridine rings is 1. The van der Waals surface area contributed by atoms with Gasteiger partial charge in [-0.15, -0.1) is 0 Å². The fraction of sp³-hybridized carbons (Fsp3) is 0.200. The number of amides is 1. The van der Waals surface area contributed by atoms with Crippen molar-refractivity contribution in [3.63, 3.8) is 0 Å². The molecule has 0 saturated heterocycles. The smallest absolute Gasteiger partial charge is 0.318 e. The zero-order valence-corrected chi connectivity index (χ0v) is 18.9. The standard InChI is InChI=1S/C25H24N4O5/c1-33-19-10-11-21(34-2)18(13-19)14-27-22(30)16-28-20-9-6-12-26-23(20)29(25(32)24(28)31)15-17-7-4-3-5-8-17/h3-13H,14-16H2,1-2H3,(H,27,30). The Kier molecular flexibility index (Phi) is 6.72. The van der Waals surface area contributed by atoms with Crippen LogP contribution in [0.25, 0.3) is 11.2 Å². The van der Waals surface area contributed by atoms with Gasteiger partial charge in [0.2, 0.25) is 5.91 Å². The Balaban J connectivity index is 1.62. The van der Waals surface area contributed by atoms with Crippen LogP contribution in [0.5, 0.6) is 11.5 Å². The van der Waals surface area contributed by atoms with Gasteiger partial charge in [-0.25, -0.2) is 4.98 Å². The molecule has 2 aromatic heterocycles. The summed E-state index contributed by atoms with van der Waals surface area (Å²) in [6.45, 7) is 0.0367. The summed E-state index contributed by atoms with van der Waals surface area (Å²) in [4.78, 5) is 43.0. The van der Waals surface area contributed by atoms with Crippen LogP contribution in [0, 0.1) is 0 Å². The molecule has 0 saturated carbocycles. The van der Waals surface area contributed by atoms with Crippen molar-refractivity contribution in [1.82, 2.24) is 19.4 Å². The van der Waals surface area contributed by atoms with Gasteiger partial charge in [-0.2, -0.15) is 0 Å². The second-order valence-corrected chi connectivity index (χ2v) is 7.57. The Hall–Kier alpha value is -4.40. The molecule has 9 nitrogen and oxygen atoms in total. The molecule has 0 aliphatic carbocycles. The molecule has 0 unspecified atom stereocenters. The molecule has 2 heterocycles. The van der Waals surface area contributed by atoms with E-state index in [1.165, 1.54) is 11.7 Å². The van der Waals surface area contributed by atoms with Gasteiger partial charge < -0.3 is 14.8 Å². The van der Waals surface area contributed by atoms with Crippen molar-refractivity contribution >= 4 is 17.1 Å². The van der Waals surface area contributed by atoms with Crippen molar-refractivity contribution in [1.29, 1.82) is 0 Å². The van der Waals surface area contributed by atoms with Crippen molar-refractivity contribution in [2.45, 2.75) is 19.6 Å². The van der Waals surface area contributed by atoms with E-state index in [0.717, 1.165) is 10.1 Å². The van der Waals surface area contributed by atoms with Gasteiger partial charge in [-0.3, -0.25) is 23.5 Å². The van der Waals surface area contributed by atoms with Crippen LogP contribution < -0.4 is 25.9 Å². The van der Waals surface area contributed by atoms with Crippen LogP contribution in [-0.4, -0.2) is 34.2 Å². The average Bonchev–Trinajstić information content (AvgIpc) is 2.88. The minimum Gasteiger partial charge on any atom is -0.497 e. The number of rotatable bonds is 8. The first-order valence-electron chi connectivity index (χ1n) is 10.6. The van der Waals surface area contributed by atoms with Crippen LogP contribution in [0.2, 0.25) is 0 Å².